The Morgan fingerprint density at radius 3 is 2.54 bits per heavy atom. The number of aryl methyl sites for hydroxylation is 1. The summed E-state index contributed by atoms with van der Waals surface area (Å²) < 4.78 is 4.33. The van der Waals surface area contributed by atoms with Crippen LogP contribution in [-0.4, -0.2) is 4.40 Å². The molecule has 120 valence electrons. The molecule has 0 saturated heterocycles. The molecule has 0 amide bonds. The Morgan fingerprint density at radius 2 is 1.88 bits per heavy atom. The Labute approximate surface area is 158 Å². The molecule has 4 aromatic heterocycles. The van der Waals surface area contributed by atoms with E-state index in [-0.39, 0.29) is 17.0 Å². The van der Waals surface area contributed by atoms with E-state index >= 15 is 0 Å². The monoisotopic (exact) mass is 415 g/mol. The second-order valence-corrected chi connectivity index (χ2v) is 7.12. The first-order valence-corrected chi connectivity index (χ1v) is 9.11. The topological polar surface area (TPSA) is 32.1 Å². The smallest absolute Gasteiger partial charge is 0.295 e. The summed E-state index contributed by atoms with van der Waals surface area (Å²) >= 11 is 3.50. The van der Waals surface area contributed by atoms with Crippen LogP contribution < -0.4 is 21.5 Å². The number of aromatic nitrogens is 2. The van der Waals surface area contributed by atoms with E-state index in [1.165, 1.54) is 20.9 Å². The summed E-state index contributed by atoms with van der Waals surface area (Å²) in [6.45, 7) is 0.712. The molecule has 3 nitrogen and oxygen atoms in total. The van der Waals surface area contributed by atoms with Crippen molar-refractivity contribution in [2.45, 2.75) is 13.0 Å². The van der Waals surface area contributed by atoms with Gasteiger partial charge in [0.05, 0.1) is 18.1 Å². The number of thiophene rings is 2. The highest BCUT2D eigenvalue weighted by atomic mass is 79.9. The molecule has 0 unspecified atom stereocenters. The Hall–Kier alpha value is -1.94. The molecule has 0 atom stereocenters. The molecule has 0 aliphatic carbocycles. The van der Waals surface area contributed by atoms with E-state index in [0.29, 0.717) is 13.0 Å². The minimum Gasteiger partial charge on any atom is -1.00 e. The molecule has 0 fully saturated rings. The number of nitriles is 1. The molecular formula is C18H14BrN3S2. The quantitative estimate of drug-likeness (QED) is 0.465. The number of hydrogen-bond acceptors (Lipinski definition) is 3. The zero-order chi connectivity index (χ0) is 15.6. The lowest BCUT2D eigenvalue weighted by Crippen LogP contribution is -3.00. The third-order valence-electron chi connectivity index (χ3n) is 3.80. The number of pyridine rings is 1. The number of halogens is 1. The van der Waals surface area contributed by atoms with Crippen molar-refractivity contribution in [1.82, 2.24) is 4.40 Å². The van der Waals surface area contributed by atoms with Gasteiger partial charge >= 0.3 is 0 Å². The molecule has 4 rings (SSSR count). The number of fused-ring (bicyclic) bond motifs is 1. The predicted octanol–water partition coefficient (Wildman–Crippen LogP) is 1.60. The van der Waals surface area contributed by atoms with Gasteiger partial charge < -0.3 is 17.0 Å². The van der Waals surface area contributed by atoms with Gasteiger partial charge in [-0.1, -0.05) is 12.1 Å². The Bertz CT molecular complexity index is 980. The van der Waals surface area contributed by atoms with E-state index in [0.717, 1.165) is 5.65 Å². The van der Waals surface area contributed by atoms with Gasteiger partial charge in [0.2, 0.25) is 0 Å². The van der Waals surface area contributed by atoms with E-state index in [4.69, 9.17) is 5.26 Å². The molecule has 0 aliphatic heterocycles. The molecule has 0 N–H and O–H groups in total. The van der Waals surface area contributed by atoms with E-state index in [2.05, 4.69) is 74.7 Å². The van der Waals surface area contributed by atoms with Crippen LogP contribution in [0, 0.1) is 11.3 Å². The molecule has 4 aromatic rings. The van der Waals surface area contributed by atoms with Gasteiger partial charge in [-0.25, -0.2) is 8.97 Å². The van der Waals surface area contributed by atoms with Crippen LogP contribution in [0.3, 0.4) is 0 Å². The molecule has 0 saturated carbocycles. The van der Waals surface area contributed by atoms with Crippen LogP contribution in [0.4, 0.5) is 0 Å². The normalized spacial score (nSPS) is 10.5. The van der Waals surface area contributed by atoms with Gasteiger partial charge in [-0.3, -0.25) is 0 Å². The summed E-state index contributed by atoms with van der Waals surface area (Å²) in [4.78, 5) is 2.51. The Kier molecular flexibility index (Phi) is 5.14. The van der Waals surface area contributed by atoms with Crippen molar-refractivity contribution >= 4 is 28.3 Å². The van der Waals surface area contributed by atoms with Crippen LogP contribution in [0.15, 0.2) is 59.7 Å². The predicted molar refractivity (Wildman–Crippen MR) is 94.4 cm³/mol. The summed E-state index contributed by atoms with van der Waals surface area (Å²) in [5, 5.41) is 13.1. The third-order valence-corrected chi connectivity index (χ3v) is 5.62. The summed E-state index contributed by atoms with van der Waals surface area (Å²) in [5.41, 5.74) is 3.58. The highest BCUT2D eigenvalue weighted by molar-refractivity contribution is 7.14. The van der Waals surface area contributed by atoms with Gasteiger partial charge in [-0.05, 0) is 29.0 Å². The fourth-order valence-corrected chi connectivity index (χ4v) is 4.24. The molecule has 0 radical (unpaired) electrons. The van der Waals surface area contributed by atoms with Crippen molar-refractivity contribution in [2.24, 2.45) is 0 Å². The lowest BCUT2D eigenvalue weighted by atomic mass is 10.1. The van der Waals surface area contributed by atoms with E-state index < -0.39 is 0 Å². The molecule has 24 heavy (non-hydrogen) atoms. The molecule has 4 heterocycles. The van der Waals surface area contributed by atoms with Crippen molar-refractivity contribution in [2.75, 3.05) is 0 Å². The van der Waals surface area contributed by atoms with Crippen LogP contribution in [-0.2, 0) is 6.54 Å². The maximum atomic E-state index is 8.89. The first-order chi connectivity index (χ1) is 11.4. The minimum absolute atomic E-state index is 0. The largest absolute Gasteiger partial charge is 1.00 e. The summed E-state index contributed by atoms with van der Waals surface area (Å²) in [6, 6.07) is 13.0. The Morgan fingerprint density at radius 1 is 1.12 bits per heavy atom. The molecule has 0 spiro atoms. The highest BCUT2D eigenvalue weighted by Crippen LogP contribution is 2.33. The maximum Gasteiger partial charge on any atom is 0.295 e. The number of hydrogen-bond donors (Lipinski definition) is 0. The van der Waals surface area contributed by atoms with Crippen LogP contribution in [0.1, 0.15) is 6.42 Å². The fraction of sp³-hybridized carbons (Fsp3) is 0.111. The van der Waals surface area contributed by atoms with Gasteiger partial charge in [0, 0.05) is 15.3 Å². The molecule has 0 aliphatic rings. The maximum absolute atomic E-state index is 8.89. The van der Waals surface area contributed by atoms with Crippen molar-refractivity contribution < 1.29 is 21.5 Å². The average molecular weight is 416 g/mol. The van der Waals surface area contributed by atoms with Gasteiger partial charge in [-0.2, -0.15) is 5.26 Å². The van der Waals surface area contributed by atoms with Gasteiger partial charge in [-0.15, -0.1) is 22.7 Å². The van der Waals surface area contributed by atoms with Crippen LogP contribution in [0.25, 0.3) is 26.5 Å². The number of nitrogens with zero attached hydrogens (tertiary/aromatic N) is 3. The highest BCUT2D eigenvalue weighted by Gasteiger charge is 2.19. The molecule has 0 aromatic carbocycles. The molecular weight excluding hydrogens is 402 g/mol. The lowest BCUT2D eigenvalue weighted by molar-refractivity contribution is -0.669. The van der Waals surface area contributed by atoms with Gasteiger partial charge in [0.15, 0.2) is 0 Å². The van der Waals surface area contributed by atoms with Crippen molar-refractivity contribution in [3.8, 4) is 27.0 Å². The number of imidazole rings is 1. The van der Waals surface area contributed by atoms with Crippen molar-refractivity contribution in [3.05, 3.63) is 59.7 Å². The molecule has 6 heteroatoms. The number of rotatable bonds is 4. The van der Waals surface area contributed by atoms with Crippen molar-refractivity contribution in [3.63, 3.8) is 0 Å². The third kappa shape index (κ3) is 3.03. The zero-order valence-corrected chi connectivity index (χ0v) is 15.9. The van der Waals surface area contributed by atoms with Gasteiger partial charge in [0.25, 0.3) is 5.65 Å². The average Bonchev–Trinajstić information content (AvgIpc) is 3.33. The minimum atomic E-state index is 0. The van der Waals surface area contributed by atoms with Crippen LogP contribution in [0.2, 0.25) is 0 Å². The second kappa shape index (κ2) is 7.31. The van der Waals surface area contributed by atoms with E-state index in [1.54, 1.807) is 22.7 Å². The Balaban J connectivity index is 0.00000169. The van der Waals surface area contributed by atoms with Crippen LogP contribution in [0.5, 0.6) is 0 Å². The first kappa shape index (κ1) is 16.9. The fourth-order valence-electron chi connectivity index (χ4n) is 2.79. The van der Waals surface area contributed by atoms with E-state index in [9.17, 15) is 0 Å². The second-order valence-electron chi connectivity index (χ2n) is 5.23. The summed E-state index contributed by atoms with van der Waals surface area (Å²) in [6.07, 6.45) is 6.81. The SMILES string of the molecule is N#CCC[n+]1ccn2cc(-c3cccs3)cc(-c3cccs3)c21.[Br-]. The van der Waals surface area contributed by atoms with E-state index in [1.807, 2.05) is 0 Å². The van der Waals surface area contributed by atoms with Gasteiger partial charge in [0.1, 0.15) is 25.1 Å². The van der Waals surface area contributed by atoms with Crippen molar-refractivity contribution in [1.29, 1.82) is 5.26 Å². The zero-order valence-electron chi connectivity index (χ0n) is 12.7. The summed E-state index contributed by atoms with van der Waals surface area (Å²) in [7, 11) is 0. The first-order valence-electron chi connectivity index (χ1n) is 7.35. The lowest BCUT2D eigenvalue weighted by Gasteiger charge is -2.04. The van der Waals surface area contributed by atoms with Crippen LogP contribution >= 0.6 is 22.7 Å². The standard InChI is InChI=1S/C18H14N3S2.BrH/c19-6-3-7-20-8-9-21-13-14(16-4-1-10-22-16)12-15(18(20)21)17-5-2-11-23-17;/h1-2,4-5,8-13H,3,7H2;1H/q+1;/p-1. The molecule has 0 bridgehead atoms. The summed E-state index contributed by atoms with van der Waals surface area (Å²) in [5.74, 6) is 0.